The van der Waals surface area contributed by atoms with Gasteiger partial charge in [0.05, 0.1) is 7.11 Å². The number of nitrogens with one attached hydrogen (secondary N) is 1. The third kappa shape index (κ3) is 2.82. The van der Waals surface area contributed by atoms with Crippen LogP contribution in [0.4, 0.5) is 0 Å². The lowest BCUT2D eigenvalue weighted by Crippen LogP contribution is -2.28. The molecule has 98 valence electrons. The van der Waals surface area contributed by atoms with Crippen molar-refractivity contribution in [3.8, 4) is 11.5 Å². The summed E-state index contributed by atoms with van der Waals surface area (Å²) in [6, 6.07) is 3.27. The fourth-order valence-electron chi connectivity index (χ4n) is 2.47. The molecule has 1 aromatic rings. The molecule has 0 atom stereocenters. The average molecular weight is 249 g/mol. The van der Waals surface area contributed by atoms with E-state index in [1.54, 1.807) is 12.1 Å². The second-order valence-corrected chi connectivity index (χ2v) is 4.74. The summed E-state index contributed by atoms with van der Waals surface area (Å²) in [6.07, 6.45) is 3.90. The van der Waals surface area contributed by atoms with Gasteiger partial charge in [0.2, 0.25) is 0 Å². The smallest absolute Gasteiger partial charge is 0.161 e. The zero-order valence-corrected chi connectivity index (χ0v) is 10.6. The number of phenolic OH excluding ortho intramolecular Hbond substituents is 1. The summed E-state index contributed by atoms with van der Waals surface area (Å²) < 4.78 is 5.01. The Balaban J connectivity index is 2.20. The second kappa shape index (κ2) is 5.87. The van der Waals surface area contributed by atoms with Crippen LogP contribution in [0, 0.1) is 5.92 Å². The predicted molar refractivity (Wildman–Crippen MR) is 69.3 cm³/mol. The quantitative estimate of drug-likeness (QED) is 0.798. The van der Waals surface area contributed by atoms with Crippen LogP contribution in [0.5, 0.6) is 11.5 Å². The lowest BCUT2D eigenvalue weighted by atomic mass is 9.89. The Morgan fingerprint density at radius 2 is 2.17 bits per heavy atom. The normalized spacial score (nSPS) is 16.5. The number of carbonyl (C=O) groups excluding carboxylic acids is 1. The number of hydrogen-bond donors (Lipinski definition) is 2. The molecule has 1 aliphatic rings. The van der Waals surface area contributed by atoms with Gasteiger partial charge in [-0.15, -0.1) is 0 Å². The molecule has 1 aromatic carbocycles. The van der Waals surface area contributed by atoms with Gasteiger partial charge in [-0.25, -0.2) is 0 Å². The maximum absolute atomic E-state index is 11.1. The van der Waals surface area contributed by atoms with Crippen molar-refractivity contribution >= 4 is 6.29 Å². The minimum Gasteiger partial charge on any atom is -0.504 e. The number of rotatable bonds is 4. The summed E-state index contributed by atoms with van der Waals surface area (Å²) in [5, 5.41) is 13.1. The highest BCUT2D eigenvalue weighted by molar-refractivity contribution is 5.79. The fraction of sp³-hybridized carbons (Fsp3) is 0.500. The number of aromatic hydroxyl groups is 1. The third-order valence-electron chi connectivity index (χ3n) is 3.53. The first-order valence-electron chi connectivity index (χ1n) is 6.30. The van der Waals surface area contributed by atoms with Gasteiger partial charge < -0.3 is 15.2 Å². The van der Waals surface area contributed by atoms with E-state index in [4.69, 9.17) is 4.74 Å². The summed E-state index contributed by atoms with van der Waals surface area (Å²) >= 11 is 0. The van der Waals surface area contributed by atoms with Gasteiger partial charge in [0.25, 0.3) is 0 Å². The van der Waals surface area contributed by atoms with Gasteiger partial charge in [0, 0.05) is 5.56 Å². The molecule has 0 bridgehead atoms. The molecule has 0 radical (unpaired) electrons. The fourth-order valence-corrected chi connectivity index (χ4v) is 2.47. The Kier molecular flexibility index (Phi) is 4.20. The molecule has 0 aromatic heterocycles. The van der Waals surface area contributed by atoms with Crippen molar-refractivity contribution in [3.63, 3.8) is 0 Å². The second-order valence-electron chi connectivity index (χ2n) is 4.74. The van der Waals surface area contributed by atoms with Gasteiger partial charge in [-0.1, -0.05) is 0 Å². The van der Waals surface area contributed by atoms with E-state index in [-0.39, 0.29) is 5.75 Å². The SMILES string of the molecule is COc1cc(C=O)c(CC2CCNCC2)cc1O. The maximum atomic E-state index is 11.1. The minimum atomic E-state index is 0.104. The number of hydrogen-bond acceptors (Lipinski definition) is 4. The molecule has 2 rings (SSSR count). The van der Waals surface area contributed by atoms with Crippen molar-refractivity contribution in [3.05, 3.63) is 23.3 Å². The molecular formula is C14H19NO3. The number of piperidine rings is 1. The number of ether oxygens (including phenoxy) is 1. The Morgan fingerprint density at radius 1 is 1.44 bits per heavy atom. The van der Waals surface area contributed by atoms with Crippen LogP contribution in [-0.2, 0) is 6.42 Å². The zero-order valence-electron chi connectivity index (χ0n) is 10.6. The first-order valence-corrected chi connectivity index (χ1v) is 6.30. The van der Waals surface area contributed by atoms with Crippen molar-refractivity contribution in [2.75, 3.05) is 20.2 Å². The van der Waals surface area contributed by atoms with Crippen LogP contribution < -0.4 is 10.1 Å². The molecular weight excluding hydrogens is 230 g/mol. The van der Waals surface area contributed by atoms with Gasteiger partial charge in [0.15, 0.2) is 11.5 Å². The molecule has 0 aliphatic carbocycles. The van der Waals surface area contributed by atoms with E-state index in [1.807, 2.05) is 0 Å². The number of phenols is 1. The van der Waals surface area contributed by atoms with E-state index in [0.717, 1.165) is 44.2 Å². The van der Waals surface area contributed by atoms with E-state index in [9.17, 15) is 9.90 Å². The summed E-state index contributed by atoms with van der Waals surface area (Å²) in [5.74, 6) is 1.04. The molecule has 0 saturated carbocycles. The van der Waals surface area contributed by atoms with Gasteiger partial charge in [-0.2, -0.15) is 0 Å². The number of carbonyl (C=O) groups is 1. The molecule has 0 unspecified atom stereocenters. The van der Waals surface area contributed by atoms with E-state index < -0.39 is 0 Å². The molecule has 4 heteroatoms. The molecule has 1 saturated heterocycles. The van der Waals surface area contributed by atoms with Crippen LogP contribution in [0.2, 0.25) is 0 Å². The minimum absolute atomic E-state index is 0.104. The topological polar surface area (TPSA) is 58.6 Å². The van der Waals surface area contributed by atoms with Crippen LogP contribution in [0.3, 0.4) is 0 Å². The molecule has 0 spiro atoms. The predicted octanol–water partition coefficient (Wildman–Crippen LogP) is 1.76. The van der Waals surface area contributed by atoms with Crippen LogP contribution in [0.1, 0.15) is 28.8 Å². The van der Waals surface area contributed by atoms with Crippen molar-refractivity contribution in [2.24, 2.45) is 5.92 Å². The molecule has 1 heterocycles. The first kappa shape index (κ1) is 12.9. The zero-order chi connectivity index (χ0) is 13.0. The van der Waals surface area contributed by atoms with Crippen molar-refractivity contribution in [1.82, 2.24) is 5.32 Å². The summed E-state index contributed by atoms with van der Waals surface area (Å²) in [5.41, 5.74) is 1.53. The van der Waals surface area contributed by atoms with Gasteiger partial charge >= 0.3 is 0 Å². The molecule has 1 aliphatic heterocycles. The monoisotopic (exact) mass is 249 g/mol. The maximum Gasteiger partial charge on any atom is 0.161 e. The molecule has 2 N–H and O–H groups in total. The van der Waals surface area contributed by atoms with E-state index >= 15 is 0 Å². The Hall–Kier alpha value is -1.55. The Labute approximate surface area is 107 Å². The van der Waals surface area contributed by atoms with E-state index in [2.05, 4.69) is 5.32 Å². The lowest BCUT2D eigenvalue weighted by molar-refractivity contribution is 0.112. The number of methoxy groups -OCH3 is 1. The number of aldehydes is 1. The first-order chi connectivity index (χ1) is 8.74. The Bertz CT molecular complexity index is 425. The van der Waals surface area contributed by atoms with Crippen LogP contribution in [0.25, 0.3) is 0 Å². The van der Waals surface area contributed by atoms with Crippen LogP contribution in [0.15, 0.2) is 12.1 Å². The van der Waals surface area contributed by atoms with Crippen LogP contribution in [-0.4, -0.2) is 31.6 Å². The third-order valence-corrected chi connectivity index (χ3v) is 3.53. The van der Waals surface area contributed by atoms with Crippen molar-refractivity contribution in [2.45, 2.75) is 19.3 Å². The standard InChI is InChI=1S/C14H19NO3/c1-18-14-8-12(9-16)11(7-13(14)17)6-10-2-4-15-5-3-10/h7-10,15,17H,2-6H2,1H3. The van der Waals surface area contributed by atoms with Gasteiger partial charge in [-0.05, 0) is 56.0 Å². The summed E-state index contributed by atoms with van der Waals surface area (Å²) in [6.45, 7) is 2.06. The van der Waals surface area contributed by atoms with Crippen LogP contribution >= 0.6 is 0 Å². The highest BCUT2D eigenvalue weighted by atomic mass is 16.5. The van der Waals surface area contributed by atoms with Gasteiger partial charge in [0.1, 0.15) is 6.29 Å². The summed E-state index contributed by atoms with van der Waals surface area (Å²) in [4.78, 5) is 11.1. The van der Waals surface area contributed by atoms with E-state index in [1.165, 1.54) is 7.11 Å². The van der Waals surface area contributed by atoms with Gasteiger partial charge in [-0.3, -0.25) is 4.79 Å². The average Bonchev–Trinajstić information content (AvgIpc) is 2.40. The number of benzene rings is 1. The van der Waals surface area contributed by atoms with Crippen molar-refractivity contribution < 1.29 is 14.6 Å². The highest BCUT2D eigenvalue weighted by Gasteiger charge is 2.17. The molecule has 18 heavy (non-hydrogen) atoms. The lowest BCUT2D eigenvalue weighted by Gasteiger charge is -2.23. The molecule has 4 nitrogen and oxygen atoms in total. The summed E-state index contributed by atoms with van der Waals surface area (Å²) in [7, 11) is 1.48. The Morgan fingerprint density at radius 3 is 2.78 bits per heavy atom. The highest BCUT2D eigenvalue weighted by Crippen LogP contribution is 2.31. The molecule has 1 fully saturated rings. The largest absolute Gasteiger partial charge is 0.504 e. The van der Waals surface area contributed by atoms with E-state index in [0.29, 0.717) is 17.2 Å². The molecule has 0 amide bonds. The van der Waals surface area contributed by atoms with Crippen molar-refractivity contribution in [1.29, 1.82) is 0 Å².